The number of hydrogen-bond acceptors (Lipinski definition) is 5. The molecule has 5 nitrogen and oxygen atoms in total. The van der Waals surface area contributed by atoms with Crippen molar-refractivity contribution in [2.24, 2.45) is 0 Å². The zero-order chi connectivity index (χ0) is 14.5. The minimum Gasteiger partial charge on any atom is -0.495 e. The number of nitrogens with zero attached hydrogens (tertiary/aromatic N) is 2. The van der Waals surface area contributed by atoms with Gasteiger partial charge in [0, 0.05) is 12.2 Å². The van der Waals surface area contributed by atoms with Gasteiger partial charge in [0.1, 0.15) is 11.6 Å². The van der Waals surface area contributed by atoms with E-state index in [9.17, 15) is 0 Å². The van der Waals surface area contributed by atoms with Gasteiger partial charge in [-0.2, -0.15) is 4.98 Å². The third-order valence-corrected chi connectivity index (χ3v) is 3.72. The molecule has 3 rings (SSSR count). The zero-order valence-corrected chi connectivity index (χ0v) is 12.2. The molecule has 1 heterocycles. The van der Waals surface area contributed by atoms with Crippen LogP contribution in [0.1, 0.15) is 25.7 Å². The van der Waals surface area contributed by atoms with Crippen LogP contribution in [-0.4, -0.2) is 23.1 Å². The Hall–Kier alpha value is -2.30. The first-order chi connectivity index (χ1) is 10.3. The monoisotopic (exact) mass is 284 g/mol. The number of ether oxygens (including phenoxy) is 1. The van der Waals surface area contributed by atoms with Gasteiger partial charge >= 0.3 is 0 Å². The van der Waals surface area contributed by atoms with Gasteiger partial charge in [0.2, 0.25) is 5.95 Å². The first-order valence-corrected chi connectivity index (χ1v) is 7.35. The van der Waals surface area contributed by atoms with Crippen molar-refractivity contribution in [3.63, 3.8) is 0 Å². The minimum absolute atomic E-state index is 0.541. The fourth-order valence-corrected chi connectivity index (χ4v) is 2.65. The fourth-order valence-electron chi connectivity index (χ4n) is 2.65. The van der Waals surface area contributed by atoms with Crippen molar-refractivity contribution < 1.29 is 4.74 Å². The normalized spacial score (nSPS) is 14.9. The van der Waals surface area contributed by atoms with Crippen molar-refractivity contribution in [3.8, 4) is 5.75 Å². The summed E-state index contributed by atoms with van der Waals surface area (Å²) in [5, 5.41) is 6.67. The quantitative estimate of drug-likeness (QED) is 0.878. The standard InChI is InChI=1S/C16H20N4O/c1-21-14-9-5-4-8-13(14)19-16-17-11-10-15(20-16)18-12-6-2-3-7-12/h4-5,8-12H,2-3,6-7H2,1H3,(H2,17,18,19,20). The van der Waals surface area contributed by atoms with Crippen LogP contribution in [-0.2, 0) is 0 Å². The first kappa shape index (κ1) is 13.7. The Morgan fingerprint density at radius 3 is 2.76 bits per heavy atom. The van der Waals surface area contributed by atoms with E-state index >= 15 is 0 Å². The number of aromatic nitrogens is 2. The molecule has 0 bridgehead atoms. The SMILES string of the molecule is COc1ccccc1Nc1nccc(NC2CCCC2)n1. The van der Waals surface area contributed by atoms with Crippen molar-refractivity contribution in [1.29, 1.82) is 0 Å². The van der Waals surface area contributed by atoms with Gasteiger partial charge in [-0.3, -0.25) is 0 Å². The van der Waals surface area contributed by atoms with E-state index in [0.29, 0.717) is 12.0 Å². The topological polar surface area (TPSA) is 59.1 Å². The lowest BCUT2D eigenvalue weighted by Gasteiger charge is -2.14. The number of nitrogens with one attached hydrogen (secondary N) is 2. The predicted molar refractivity (Wildman–Crippen MR) is 84.2 cm³/mol. The van der Waals surface area contributed by atoms with Gasteiger partial charge in [0.05, 0.1) is 12.8 Å². The summed E-state index contributed by atoms with van der Waals surface area (Å²) in [6.45, 7) is 0. The van der Waals surface area contributed by atoms with Gasteiger partial charge in [0.25, 0.3) is 0 Å². The number of rotatable bonds is 5. The maximum Gasteiger partial charge on any atom is 0.229 e. The van der Waals surface area contributed by atoms with Crippen LogP contribution in [0.5, 0.6) is 5.75 Å². The summed E-state index contributed by atoms with van der Waals surface area (Å²) < 4.78 is 5.32. The number of anilines is 3. The van der Waals surface area contributed by atoms with Gasteiger partial charge in [-0.05, 0) is 31.0 Å². The highest BCUT2D eigenvalue weighted by atomic mass is 16.5. The lowest BCUT2D eigenvalue weighted by molar-refractivity contribution is 0.417. The second-order valence-electron chi connectivity index (χ2n) is 5.22. The summed E-state index contributed by atoms with van der Waals surface area (Å²) in [7, 11) is 1.65. The third-order valence-electron chi connectivity index (χ3n) is 3.72. The predicted octanol–water partition coefficient (Wildman–Crippen LogP) is 3.58. The molecule has 0 spiro atoms. The molecule has 0 radical (unpaired) electrons. The molecular formula is C16H20N4O. The Morgan fingerprint density at radius 1 is 1.14 bits per heavy atom. The van der Waals surface area contributed by atoms with Crippen LogP contribution >= 0.6 is 0 Å². The Kier molecular flexibility index (Phi) is 4.19. The maximum atomic E-state index is 5.32. The molecular weight excluding hydrogens is 264 g/mol. The Labute approximate surface area is 124 Å². The molecule has 0 aliphatic heterocycles. The van der Waals surface area contributed by atoms with E-state index in [0.717, 1.165) is 17.3 Å². The summed E-state index contributed by atoms with van der Waals surface area (Å²) in [5.41, 5.74) is 0.859. The number of benzene rings is 1. The highest BCUT2D eigenvalue weighted by molar-refractivity contribution is 5.62. The van der Waals surface area contributed by atoms with E-state index in [1.807, 2.05) is 30.3 Å². The molecule has 0 unspecified atom stereocenters. The summed E-state index contributed by atoms with van der Waals surface area (Å²) in [4.78, 5) is 8.78. The molecule has 1 aliphatic rings. The summed E-state index contributed by atoms with van der Waals surface area (Å²) in [6.07, 6.45) is 6.81. The maximum absolute atomic E-state index is 5.32. The second-order valence-corrected chi connectivity index (χ2v) is 5.22. The molecule has 0 amide bonds. The van der Waals surface area contributed by atoms with Crippen molar-refractivity contribution in [1.82, 2.24) is 9.97 Å². The van der Waals surface area contributed by atoms with E-state index in [-0.39, 0.29) is 0 Å². The second kappa shape index (κ2) is 6.43. The summed E-state index contributed by atoms with van der Waals surface area (Å²) in [5.74, 6) is 2.21. The first-order valence-electron chi connectivity index (χ1n) is 7.35. The number of hydrogen-bond donors (Lipinski definition) is 2. The average Bonchev–Trinajstić information content (AvgIpc) is 3.01. The zero-order valence-electron chi connectivity index (χ0n) is 12.2. The van der Waals surface area contributed by atoms with Gasteiger partial charge in [-0.1, -0.05) is 25.0 Å². The average molecular weight is 284 g/mol. The lowest BCUT2D eigenvalue weighted by Crippen LogP contribution is -2.15. The van der Waals surface area contributed by atoms with Gasteiger partial charge in [0.15, 0.2) is 0 Å². The van der Waals surface area contributed by atoms with Crippen molar-refractivity contribution in [3.05, 3.63) is 36.5 Å². The Bertz CT molecular complexity index is 596. The molecule has 0 atom stereocenters. The smallest absolute Gasteiger partial charge is 0.229 e. The van der Waals surface area contributed by atoms with E-state index in [4.69, 9.17) is 4.74 Å². The van der Waals surface area contributed by atoms with Crippen LogP contribution in [0.3, 0.4) is 0 Å². The lowest BCUT2D eigenvalue weighted by atomic mass is 10.2. The molecule has 0 saturated heterocycles. The van der Waals surface area contributed by atoms with Crippen LogP contribution in [0.25, 0.3) is 0 Å². The van der Waals surface area contributed by atoms with E-state index in [2.05, 4.69) is 20.6 Å². The van der Waals surface area contributed by atoms with Crippen LogP contribution in [0.4, 0.5) is 17.5 Å². The van der Waals surface area contributed by atoms with E-state index in [1.54, 1.807) is 13.3 Å². The van der Waals surface area contributed by atoms with Gasteiger partial charge in [-0.25, -0.2) is 4.98 Å². The Balaban J connectivity index is 1.73. The molecule has 1 fully saturated rings. The number of methoxy groups -OCH3 is 1. The molecule has 1 aliphatic carbocycles. The van der Waals surface area contributed by atoms with Gasteiger partial charge in [-0.15, -0.1) is 0 Å². The highest BCUT2D eigenvalue weighted by Gasteiger charge is 2.15. The number of para-hydroxylation sites is 2. The van der Waals surface area contributed by atoms with Crippen molar-refractivity contribution >= 4 is 17.5 Å². The molecule has 5 heteroatoms. The molecule has 2 aromatic rings. The van der Waals surface area contributed by atoms with Crippen LogP contribution in [0.2, 0.25) is 0 Å². The Morgan fingerprint density at radius 2 is 1.95 bits per heavy atom. The highest BCUT2D eigenvalue weighted by Crippen LogP contribution is 2.26. The largest absolute Gasteiger partial charge is 0.495 e. The van der Waals surface area contributed by atoms with Crippen molar-refractivity contribution in [2.75, 3.05) is 17.7 Å². The van der Waals surface area contributed by atoms with Crippen LogP contribution < -0.4 is 15.4 Å². The summed E-state index contributed by atoms with van der Waals surface area (Å²) >= 11 is 0. The fraction of sp³-hybridized carbons (Fsp3) is 0.375. The van der Waals surface area contributed by atoms with Crippen molar-refractivity contribution in [2.45, 2.75) is 31.7 Å². The van der Waals surface area contributed by atoms with Crippen LogP contribution in [0.15, 0.2) is 36.5 Å². The molecule has 1 aromatic heterocycles. The van der Waals surface area contributed by atoms with Crippen LogP contribution in [0, 0.1) is 0 Å². The molecule has 1 saturated carbocycles. The minimum atomic E-state index is 0.541. The van der Waals surface area contributed by atoms with Gasteiger partial charge < -0.3 is 15.4 Å². The van der Waals surface area contributed by atoms with E-state index in [1.165, 1.54) is 25.7 Å². The third kappa shape index (κ3) is 3.42. The molecule has 110 valence electrons. The molecule has 21 heavy (non-hydrogen) atoms. The van der Waals surface area contributed by atoms with E-state index < -0.39 is 0 Å². The molecule has 1 aromatic carbocycles. The molecule has 2 N–H and O–H groups in total. The summed E-state index contributed by atoms with van der Waals surface area (Å²) in [6, 6.07) is 10.2.